The fourth-order valence-electron chi connectivity index (χ4n) is 1.51. The third-order valence-electron chi connectivity index (χ3n) is 2.47. The number of nitro groups is 1. The smallest absolute Gasteiger partial charge is 0.379 e. The molecule has 0 aliphatic heterocycles. The first-order chi connectivity index (χ1) is 9.21. The van der Waals surface area contributed by atoms with Crippen molar-refractivity contribution in [2.45, 2.75) is 12.6 Å². The number of aromatic nitrogens is 1. The number of nitrogens with one attached hydrogen (secondary N) is 1. The van der Waals surface area contributed by atoms with E-state index in [0.717, 1.165) is 6.54 Å². The molecule has 1 aromatic rings. The number of hydrogen-bond acceptors (Lipinski definition) is 5. The third-order valence-corrected chi connectivity index (χ3v) is 2.47. The maximum atomic E-state index is 12.5. The average molecular weight is 292 g/mol. The van der Waals surface area contributed by atoms with Gasteiger partial charge in [-0.2, -0.15) is 13.2 Å². The zero-order chi connectivity index (χ0) is 15.3. The molecule has 0 bridgehead atoms. The summed E-state index contributed by atoms with van der Waals surface area (Å²) in [5.41, 5.74) is -1.79. The van der Waals surface area contributed by atoms with E-state index in [1.165, 1.54) is 0 Å². The molecule has 9 heteroatoms. The monoisotopic (exact) mass is 292 g/mol. The van der Waals surface area contributed by atoms with Crippen molar-refractivity contribution in [2.24, 2.45) is 0 Å². The van der Waals surface area contributed by atoms with E-state index in [0.29, 0.717) is 25.2 Å². The molecule has 0 aromatic carbocycles. The number of halogens is 3. The average Bonchev–Trinajstić information content (AvgIpc) is 2.32. The van der Waals surface area contributed by atoms with Crippen molar-refractivity contribution in [3.63, 3.8) is 0 Å². The summed E-state index contributed by atoms with van der Waals surface area (Å²) < 4.78 is 37.6. The number of nitrogens with zero attached hydrogens (tertiary/aromatic N) is 3. The largest absolute Gasteiger partial charge is 0.433 e. The second-order valence-electron chi connectivity index (χ2n) is 4.43. The Labute approximate surface area is 113 Å². The van der Waals surface area contributed by atoms with Crippen molar-refractivity contribution >= 4 is 11.4 Å². The summed E-state index contributed by atoms with van der Waals surface area (Å²) in [5, 5.41) is 13.4. The highest BCUT2D eigenvalue weighted by atomic mass is 19.4. The van der Waals surface area contributed by atoms with Crippen molar-refractivity contribution in [1.29, 1.82) is 0 Å². The van der Waals surface area contributed by atoms with Gasteiger partial charge in [0.05, 0.1) is 4.92 Å². The SMILES string of the molecule is CN(C)CCCNc1cc(C(F)(F)F)ncc1[N+](=O)[O-]. The van der Waals surface area contributed by atoms with Gasteiger partial charge in [-0.3, -0.25) is 10.1 Å². The molecule has 0 saturated heterocycles. The summed E-state index contributed by atoms with van der Waals surface area (Å²) in [6, 6.07) is 0.661. The van der Waals surface area contributed by atoms with E-state index in [1.807, 2.05) is 19.0 Å². The van der Waals surface area contributed by atoms with Crippen LogP contribution in [0, 0.1) is 10.1 Å². The molecule has 0 saturated carbocycles. The Balaban J connectivity index is 2.87. The lowest BCUT2D eigenvalue weighted by Gasteiger charge is -2.12. The molecule has 1 heterocycles. The van der Waals surface area contributed by atoms with Crippen LogP contribution in [-0.4, -0.2) is 42.0 Å². The normalized spacial score (nSPS) is 11.7. The van der Waals surface area contributed by atoms with Gasteiger partial charge < -0.3 is 10.2 Å². The molecular weight excluding hydrogens is 277 g/mol. The number of anilines is 1. The van der Waals surface area contributed by atoms with Crippen LogP contribution in [0.2, 0.25) is 0 Å². The molecule has 1 N–H and O–H groups in total. The van der Waals surface area contributed by atoms with Gasteiger partial charge in [-0.05, 0) is 33.1 Å². The van der Waals surface area contributed by atoms with Crippen molar-refractivity contribution in [3.05, 3.63) is 28.1 Å². The Kier molecular flexibility index (Phi) is 5.26. The first-order valence-corrected chi connectivity index (χ1v) is 5.82. The van der Waals surface area contributed by atoms with Crippen LogP contribution in [0.4, 0.5) is 24.5 Å². The summed E-state index contributed by atoms with van der Waals surface area (Å²) >= 11 is 0. The van der Waals surface area contributed by atoms with E-state index >= 15 is 0 Å². The second-order valence-corrected chi connectivity index (χ2v) is 4.43. The Morgan fingerprint density at radius 2 is 2.10 bits per heavy atom. The molecule has 20 heavy (non-hydrogen) atoms. The van der Waals surface area contributed by atoms with Gasteiger partial charge in [0.1, 0.15) is 17.6 Å². The highest BCUT2D eigenvalue weighted by Gasteiger charge is 2.34. The van der Waals surface area contributed by atoms with Crippen LogP contribution in [0.15, 0.2) is 12.3 Å². The van der Waals surface area contributed by atoms with Crippen LogP contribution in [-0.2, 0) is 6.18 Å². The highest BCUT2D eigenvalue weighted by Crippen LogP contribution is 2.32. The minimum Gasteiger partial charge on any atom is -0.379 e. The molecule has 0 spiro atoms. The molecule has 6 nitrogen and oxygen atoms in total. The molecule has 0 radical (unpaired) electrons. The van der Waals surface area contributed by atoms with E-state index in [-0.39, 0.29) is 5.69 Å². The molecule has 0 atom stereocenters. The predicted octanol–water partition coefficient (Wildman–Crippen LogP) is 2.37. The predicted molar refractivity (Wildman–Crippen MR) is 67.6 cm³/mol. The van der Waals surface area contributed by atoms with Crippen molar-refractivity contribution in [2.75, 3.05) is 32.5 Å². The lowest BCUT2D eigenvalue weighted by Crippen LogP contribution is -2.17. The zero-order valence-corrected chi connectivity index (χ0v) is 11.1. The molecule has 0 aliphatic carbocycles. The van der Waals surface area contributed by atoms with Gasteiger partial charge in [-0.25, -0.2) is 4.98 Å². The van der Waals surface area contributed by atoms with E-state index in [9.17, 15) is 23.3 Å². The first kappa shape index (κ1) is 16.2. The summed E-state index contributed by atoms with van der Waals surface area (Å²) in [6.45, 7) is 1.05. The molecule has 0 unspecified atom stereocenters. The second kappa shape index (κ2) is 6.51. The first-order valence-electron chi connectivity index (χ1n) is 5.82. The van der Waals surface area contributed by atoms with Crippen LogP contribution < -0.4 is 5.32 Å². The highest BCUT2D eigenvalue weighted by molar-refractivity contribution is 5.61. The third kappa shape index (κ3) is 4.65. The van der Waals surface area contributed by atoms with E-state index in [1.54, 1.807) is 0 Å². The zero-order valence-electron chi connectivity index (χ0n) is 11.1. The number of hydrogen-bond donors (Lipinski definition) is 1. The van der Waals surface area contributed by atoms with Gasteiger partial charge in [0.25, 0.3) is 0 Å². The van der Waals surface area contributed by atoms with Gasteiger partial charge in [0.2, 0.25) is 0 Å². The lowest BCUT2D eigenvalue weighted by atomic mass is 10.2. The van der Waals surface area contributed by atoms with Crippen molar-refractivity contribution in [3.8, 4) is 0 Å². The van der Waals surface area contributed by atoms with Gasteiger partial charge >= 0.3 is 11.9 Å². The van der Waals surface area contributed by atoms with Crippen LogP contribution in [0.5, 0.6) is 0 Å². The number of alkyl halides is 3. The Hall–Kier alpha value is -1.90. The topological polar surface area (TPSA) is 71.3 Å². The van der Waals surface area contributed by atoms with Crippen molar-refractivity contribution < 1.29 is 18.1 Å². The minimum atomic E-state index is -4.63. The van der Waals surface area contributed by atoms with Crippen LogP contribution in [0.3, 0.4) is 0 Å². The Bertz CT molecular complexity index is 477. The number of rotatable bonds is 6. The molecule has 0 fully saturated rings. The van der Waals surface area contributed by atoms with Gasteiger partial charge in [-0.15, -0.1) is 0 Å². The summed E-state index contributed by atoms with van der Waals surface area (Å²) in [7, 11) is 3.72. The van der Waals surface area contributed by atoms with Crippen LogP contribution in [0.25, 0.3) is 0 Å². The Morgan fingerprint density at radius 1 is 1.45 bits per heavy atom. The molecule has 0 aliphatic rings. The summed E-state index contributed by atoms with van der Waals surface area (Å²) in [5.74, 6) is 0. The molecule has 1 rings (SSSR count). The summed E-state index contributed by atoms with van der Waals surface area (Å²) in [4.78, 5) is 15.0. The van der Waals surface area contributed by atoms with E-state index in [2.05, 4.69) is 10.3 Å². The van der Waals surface area contributed by atoms with Gasteiger partial charge in [0.15, 0.2) is 0 Å². The van der Waals surface area contributed by atoms with E-state index < -0.39 is 22.5 Å². The maximum Gasteiger partial charge on any atom is 0.433 e. The van der Waals surface area contributed by atoms with Crippen molar-refractivity contribution in [1.82, 2.24) is 9.88 Å². The van der Waals surface area contributed by atoms with Gasteiger partial charge in [0, 0.05) is 6.54 Å². The maximum absolute atomic E-state index is 12.5. The quantitative estimate of drug-likeness (QED) is 0.495. The standard InChI is InChI=1S/C11H15F3N4O2/c1-17(2)5-3-4-15-8-6-10(11(12,13)14)16-7-9(8)18(19)20/h6-7H,3-5H2,1-2H3,(H,15,16). The van der Waals surface area contributed by atoms with E-state index in [4.69, 9.17) is 0 Å². The fraction of sp³-hybridized carbons (Fsp3) is 0.545. The van der Waals surface area contributed by atoms with Crippen LogP contribution >= 0.6 is 0 Å². The van der Waals surface area contributed by atoms with Gasteiger partial charge in [-0.1, -0.05) is 0 Å². The fourth-order valence-corrected chi connectivity index (χ4v) is 1.51. The Morgan fingerprint density at radius 3 is 2.60 bits per heavy atom. The van der Waals surface area contributed by atoms with Crippen LogP contribution in [0.1, 0.15) is 12.1 Å². The number of pyridine rings is 1. The molecule has 0 amide bonds. The lowest BCUT2D eigenvalue weighted by molar-refractivity contribution is -0.384. The minimum absolute atomic E-state index is 0.170. The molecular formula is C11H15F3N4O2. The summed E-state index contributed by atoms with van der Waals surface area (Å²) in [6.07, 6.45) is -3.36. The molecule has 1 aromatic heterocycles. The molecule has 112 valence electrons.